The second kappa shape index (κ2) is 4.30. The van der Waals surface area contributed by atoms with E-state index in [9.17, 15) is 0 Å². The van der Waals surface area contributed by atoms with Gasteiger partial charge in [0.1, 0.15) is 0 Å². The summed E-state index contributed by atoms with van der Waals surface area (Å²) in [6, 6.07) is 5.67. The van der Waals surface area contributed by atoms with Gasteiger partial charge >= 0.3 is 0 Å². The Morgan fingerprint density at radius 3 is 3.00 bits per heavy atom. The zero-order chi connectivity index (χ0) is 13.1. The van der Waals surface area contributed by atoms with E-state index in [1.807, 2.05) is 6.20 Å². The summed E-state index contributed by atoms with van der Waals surface area (Å²) in [6.07, 6.45) is 12.0. The quantitative estimate of drug-likeness (QED) is 0.888. The van der Waals surface area contributed by atoms with Gasteiger partial charge in [-0.05, 0) is 73.8 Å². The molecule has 1 aromatic heterocycles. The normalized spacial score (nSPS) is 44.8. The Kier molecular flexibility index (Phi) is 2.52. The Morgan fingerprint density at radius 2 is 2.00 bits per heavy atom. The predicted octanol–water partition coefficient (Wildman–Crippen LogP) is 3.48. The van der Waals surface area contributed by atoms with Gasteiger partial charge in [0.15, 0.2) is 0 Å². The summed E-state index contributed by atoms with van der Waals surface area (Å²) >= 11 is 0. The Morgan fingerprint density at radius 1 is 1.05 bits per heavy atom. The molecule has 1 N–H and O–H groups in total. The molecule has 2 nitrogen and oxygen atoms in total. The molecule has 0 amide bonds. The standard InChI is InChI=1S/C18H24N2/c1-4-13-12-9-15(14(13)5-1)17(10-12)20-16-7-6-11-3-2-8-19-18(11)16/h2-3,8,12-17,20H,1,4-7,9-10H2. The molecule has 3 saturated carbocycles. The van der Waals surface area contributed by atoms with E-state index >= 15 is 0 Å². The van der Waals surface area contributed by atoms with Gasteiger partial charge in [-0.25, -0.2) is 0 Å². The zero-order valence-electron chi connectivity index (χ0n) is 12.1. The van der Waals surface area contributed by atoms with Crippen LogP contribution in [-0.4, -0.2) is 11.0 Å². The summed E-state index contributed by atoms with van der Waals surface area (Å²) in [5.41, 5.74) is 2.82. The van der Waals surface area contributed by atoms with Crippen molar-refractivity contribution in [3.05, 3.63) is 29.6 Å². The van der Waals surface area contributed by atoms with E-state index in [0.717, 1.165) is 29.7 Å². The third kappa shape index (κ3) is 1.57. The molecule has 4 aliphatic rings. The fourth-order valence-corrected chi connectivity index (χ4v) is 6.09. The minimum Gasteiger partial charge on any atom is -0.306 e. The lowest BCUT2D eigenvalue weighted by molar-refractivity contribution is 0.197. The summed E-state index contributed by atoms with van der Waals surface area (Å²) in [5, 5.41) is 4.02. The molecule has 0 radical (unpaired) electrons. The maximum atomic E-state index is 4.65. The van der Waals surface area contributed by atoms with Crippen molar-refractivity contribution in [2.45, 2.75) is 57.0 Å². The van der Waals surface area contributed by atoms with Crippen LogP contribution in [0.5, 0.6) is 0 Å². The van der Waals surface area contributed by atoms with Crippen LogP contribution in [0, 0.1) is 23.7 Å². The third-order valence-corrected chi connectivity index (χ3v) is 6.80. The van der Waals surface area contributed by atoms with Crippen molar-refractivity contribution < 1.29 is 0 Å². The van der Waals surface area contributed by atoms with Gasteiger partial charge in [-0.2, -0.15) is 0 Å². The average Bonchev–Trinajstić information content (AvgIpc) is 3.19. The van der Waals surface area contributed by atoms with Gasteiger partial charge in [-0.3, -0.25) is 4.98 Å². The van der Waals surface area contributed by atoms with Gasteiger partial charge in [-0.1, -0.05) is 12.5 Å². The fourth-order valence-electron chi connectivity index (χ4n) is 6.09. The maximum absolute atomic E-state index is 4.65. The molecule has 106 valence electrons. The van der Waals surface area contributed by atoms with Crippen molar-refractivity contribution in [1.82, 2.24) is 10.3 Å². The molecule has 6 atom stereocenters. The van der Waals surface area contributed by atoms with Crippen LogP contribution in [0.2, 0.25) is 0 Å². The number of aryl methyl sites for hydroxylation is 1. The highest BCUT2D eigenvalue weighted by Crippen LogP contribution is 2.59. The number of hydrogen-bond acceptors (Lipinski definition) is 2. The first-order valence-electron chi connectivity index (χ1n) is 8.60. The van der Waals surface area contributed by atoms with Crippen LogP contribution in [0.15, 0.2) is 18.3 Å². The molecule has 6 unspecified atom stereocenters. The zero-order valence-corrected chi connectivity index (χ0v) is 12.1. The highest BCUT2D eigenvalue weighted by Gasteiger charge is 2.54. The first-order valence-corrected chi connectivity index (χ1v) is 8.60. The minimum atomic E-state index is 0.537. The lowest BCUT2D eigenvalue weighted by Crippen LogP contribution is -2.40. The second-order valence-corrected chi connectivity index (χ2v) is 7.57. The summed E-state index contributed by atoms with van der Waals surface area (Å²) in [4.78, 5) is 4.65. The van der Waals surface area contributed by atoms with Crippen molar-refractivity contribution in [2.75, 3.05) is 0 Å². The molecule has 0 saturated heterocycles. The molecule has 0 spiro atoms. The van der Waals surface area contributed by atoms with E-state index in [2.05, 4.69) is 22.4 Å². The molecule has 4 aliphatic carbocycles. The first-order chi connectivity index (χ1) is 9.90. The Labute approximate surface area is 121 Å². The third-order valence-electron chi connectivity index (χ3n) is 6.80. The molecule has 1 aromatic rings. The topological polar surface area (TPSA) is 24.9 Å². The van der Waals surface area contributed by atoms with E-state index in [-0.39, 0.29) is 0 Å². The number of aromatic nitrogens is 1. The van der Waals surface area contributed by atoms with E-state index in [0.29, 0.717) is 6.04 Å². The van der Waals surface area contributed by atoms with Crippen LogP contribution < -0.4 is 5.32 Å². The van der Waals surface area contributed by atoms with Gasteiger partial charge in [0.25, 0.3) is 0 Å². The highest BCUT2D eigenvalue weighted by atomic mass is 15.0. The highest BCUT2D eigenvalue weighted by molar-refractivity contribution is 5.28. The van der Waals surface area contributed by atoms with E-state index in [4.69, 9.17) is 0 Å². The van der Waals surface area contributed by atoms with E-state index < -0.39 is 0 Å². The number of pyridine rings is 1. The van der Waals surface area contributed by atoms with Crippen molar-refractivity contribution in [2.24, 2.45) is 23.7 Å². The van der Waals surface area contributed by atoms with Crippen molar-refractivity contribution >= 4 is 0 Å². The molecular weight excluding hydrogens is 244 g/mol. The van der Waals surface area contributed by atoms with Gasteiger partial charge in [0, 0.05) is 12.2 Å². The summed E-state index contributed by atoms with van der Waals surface area (Å²) in [6.45, 7) is 0. The maximum Gasteiger partial charge on any atom is 0.0605 e. The van der Waals surface area contributed by atoms with Gasteiger partial charge in [-0.15, -0.1) is 0 Å². The molecule has 0 aromatic carbocycles. The van der Waals surface area contributed by atoms with Crippen molar-refractivity contribution in [1.29, 1.82) is 0 Å². The lowest BCUT2D eigenvalue weighted by atomic mass is 9.79. The fraction of sp³-hybridized carbons (Fsp3) is 0.722. The van der Waals surface area contributed by atoms with Crippen LogP contribution in [-0.2, 0) is 6.42 Å². The molecule has 0 aliphatic heterocycles. The van der Waals surface area contributed by atoms with Crippen LogP contribution in [0.3, 0.4) is 0 Å². The minimum absolute atomic E-state index is 0.537. The van der Waals surface area contributed by atoms with Crippen molar-refractivity contribution in [3.63, 3.8) is 0 Å². The summed E-state index contributed by atoms with van der Waals surface area (Å²) in [7, 11) is 0. The number of fused-ring (bicyclic) bond motifs is 6. The van der Waals surface area contributed by atoms with Crippen LogP contribution in [0.4, 0.5) is 0 Å². The molecule has 2 heteroatoms. The van der Waals surface area contributed by atoms with Crippen molar-refractivity contribution in [3.8, 4) is 0 Å². The monoisotopic (exact) mass is 268 g/mol. The van der Waals surface area contributed by atoms with Gasteiger partial charge in [0.05, 0.1) is 11.7 Å². The smallest absolute Gasteiger partial charge is 0.0605 e. The molecule has 20 heavy (non-hydrogen) atoms. The Hall–Kier alpha value is -0.890. The molecule has 3 fully saturated rings. The van der Waals surface area contributed by atoms with Crippen LogP contribution >= 0.6 is 0 Å². The SMILES string of the molecule is c1cnc2c(c1)CCC2NC1CC2CC1C1CCCC21. The largest absolute Gasteiger partial charge is 0.306 e. The Balaban J connectivity index is 1.34. The number of rotatable bonds is 2. The average molecular weight is 268 g/mol. The summed E-state index contributed by atoms with van der Waals surface area (Å²) < 4.78 is 0. The lowest BCUT2D eigenvalue weighted by Gasteiger charge is -2.34. The van der Waals surface area contributed by atoms with Gasteiger partial charge in [0.2, 0.25) is 0 Å². The predicted molar refractivity (Wildman–Crippen MR) is 79.3 cm³/mol. The molecule has 5 rings (SSSR count). The van der Waals surface area contributed by atoms with E-state index in [1.54, 1.807) is 0 Å². The molecule has 1 heterocycles. The van der Waals surface area contributed by atoms with E-state index in [1.165, 1.54) is 56.2 Å². The number of nitrogens with zero attached hydrogens (tertiary/aromatic N) is 1. The number of hydrogen-bond donors (Lipinski definition) is 1. The first kappa shape index (κ1) is 11.7. The number of nitrogens with one attached hydrogen (secondary N) is 1. The van der Waals surface area contributed by atoms with Crippen LogP contribution in [0.25, 0.3) is 0 Å². The molecule has 2 bridgehead atoms. The van der Waals surface area contributed by atoms with Crippen LogP contribution in [0.1, 0.15) is 55.8 Å². The summed E-state index contributed by atoms with van der Waals surface area (Å²) in [5.74, 6) is 4.21. The van der Waals surface area contributed by atoms with Gasteiger partial charge < -0.3 is 5.32 Å². The molecular formula is C18H24N2. The Bertz CT molecular complexity index is 526. The second-order valence-electron chi connectivity index (χ2n) is 7.57.